The first-order valence-electron chi connectivity index (χ1n) is 6.36. The molecule has 1 atom stereocenters. The van der Waals surface area contributed by atoms with Gasteiger partial charge in [0, 0.05) is 20.2 Å². The molecule has 1 aromatic rings. The summed E-state index contributed by atoms with van der Waals surface area (Å²) < 4.78 is 5.47. The van der Waals surface area contributed by atoms with E-state index in [1.165, 1.54) is 5.56 Å². The topological polar surface area (TPSA) is 50.4 Å². The van der Waals surface area contributed by atoms with Crippen LogP contribution < -0.4 is 10.6 Å². The van der Waals surface area contributed by atoms with Gasteiger partial charge in [0.1, 0.15) is 5.54 Å². The van der Waals surface area contributed by atoms with E-state index in [2.05, 4.69) is 10.6 Å². The number of rotatable bonds is 4. The maximum atomic E-state index is 12.1. The van der Waals surface area contributed by atoms with E-state index in [1.54, 1.807) is 7.05 Å². The van der Waals surface area contributed by atoms with E-state index in [1.807, 2.05) is 30.3 Å². The van der Waals surface area contributed by atoms with Gasteiger partial charge in [-0.15, -0.1) is 0 Å². The number of carbonyl (C=O) groups excluding carboxylic acids is 1. The molecule has 1 aliphatic heterocycles. The van der Waals surface area contributed by atoms with Crippen molar-refractivity contribution in [1.29, 1.82) is 0 Å². The molecule has 1 aromatic carbocycles. The average molecular weight is 248 g/mol. The molecule has 0 spiro atoms. The minimum atomic E-state index is -0.581. The molecule has 0 bridgehead atoms. The molecule has 0 aliphatic carbocycles. The van der Waals surface area contributed by atoms with Crippen LogP contribution in [0.3, 0.4) is 0 Å². The number of benzene rings is 1. The molecular formula is C14H20N2O2. The van der Waals surface area contributed by atoms with Gasteiger partial charge >= 0.3 is 0 Å². The number of hydrogen-bond acceptors (Lipinski definition) is 3. The van der Waals surface area contributed by atoms with Crippen molar-refractivity contribution < 1.29 is 9.53 Å². The molecule has 1 heterocycles. The lowest BCUT2D eigenvalue weighted by atomic mass is 9.91. The van der Waals surface area contributed by atoms with Crippen LogP contribution in [0.4, 0.5) is 0 Å². The molecule has 0 aromatic heterocycles. The number of carbonyl (C=O) groups is 1. The Labute approximate surface area is 108 Å². The first kappa shape index (κ1) is 13.1. The minimum absolute atomic E-state index is 0.0122. The molecular weight excluding hydrogens is 228 g/mol. The Balaban J connectivity index is 2.04. The van der Waals surface area contributed by atoms with Gasteiger partial charge in [-0.05, 0) is 18.4 Å². The van der Waals surface area contributed by atoms with Crippen molar-refractivity contribution in [2.45, 2.75) is 24.9 Å². The molecule has 2 rings (SSSR count). The summed E-state index contributed by atoms with van der Waals surface area (Å²) in [5.41, 5.74) is 0.592. The lowest BCUT2D eigenvalue weighted by Gasteiger charge is -2.36. The number of nitrogens with one attached hydrogen (secondary N) is 2. The van der Waals surface area contributed by atoms with Gasteiger partial charge in [0.25, 0.3) is 0 Å². The molecule has 18 heavy (non-hydrogen) atoms. The molecule has 4 nitrogen and oxygen atoms in total. The summed E-state index contributed by atoms with van der Waals surface area (Å²) in [6.07, 6.45) is 1.73. The van der Waals surface area contributed by atoms with Gasteiger partial charge in [-0.25, -0.2) is 0 Å². The van der Waals surface area contributed by atoms with Crippen molar-refractivity contribution in [3.8, 4) is 0 Å². The Morgan fingerprint density at radius 2 is 2.17 bits per heavy atom. The highest BCUT2D eigenvalue weighted by Crippen LogP contribution is 2.20. The summed E-state index contributed by atoms with van der Waals surface area (Å²) in [6, 6.07) is 10.1. The summed E-state index contributed by atoms with van der Waals surface area (Å²) in [7, 11) is 1.67. The van der Waals surface area contributed by atoms with Crippen LogP contribution in [-0.4, -0.2) is 31.7 Å². The van der Waals surface area contributed by atoms with Crippen LogP contribution in [0.2, 0.25) is 0 Å². The van der Waals surface area contributed by atoms with E-state index >= 15 is 0 Å². The van der Waals surface area contributed by atoms with Gasteiger partial charge in [0.15, 0.2) is 0 Å². The standard InChI is InChI=1S/C14H20N2O2/c1-15-13(17)14(8-5-9-18-11-14)16-10-12-6-3-2-4-7-12/h2-4,6-7,16H,5,8-11H2,1H3,(H,15,17). The van der Waals surface area contributed by atoms with E-state index in [0.29, 0.717) is 13.2 Å². The summed E-state index contributed by atoms with van der Waals surface area (Å²) in [6.45, 7) is 1.86. The average Bonchev–Trinajstić information content (AvgIpc) is 2.46. The largest absolute Gasteiger partial charge is 0.379 e. The van der Waals surface area contributed by atoms with Gasteiger partial charge in [0.05, 0.1) is 6.61 Å². The molecule has 1 aliphatic rings. The predicted molar refractivity (Wildman–Crippen MR) is 70.1 cm³/mol. The number of likely N-dealkylation sites (N-methyl/N-ethyl adjacent to an activating group) is 1. The third-order valence-corrected chi connectivity index (χ3v) is 3.38. The Hall–Kier alpha value is -1.39. The second-order valence-corrected chi connectivity index (χ2v) is 4.66. The molecule has 1 unspecified atom stereocenters. The van der Waals surface area contributed by atoms with Crippen molar-refractivity contribution in [1.82, 2.24) is 10.6 Å². The second kappa shape index (κ2) is 5.98. The number of amides is 1. The van der Waals surface area contributed by atoms with Crippen LogP contribution in [0.25, 0.3) is 0 Å². The number of hydrogen-bond donors (Lipinski definition) is 2. The first-order chi connectivity index (χ1) is 8.77. The SMILES string of the molecule is CNC(=O)C1(NCc2ccccc2)CCCOC1. The Kier molecular flexibility index (Phi) is 4.33. The lowest BCUT2D eigenvalue weighted by Crippen LogP contribution is -2.60. The predicted octanol–water partition coefficient (Wildman–Crippen LogP) is 1.07. The monoisotopic (exact) mass is 248 g/mol. The van der Waals surface area contributed by atoms with E-state index in [0.717, 1.165) is 19.4 Å². The zero-order valence-corrected chi connectivity index (χ0v) is 10.7. The quantitative estimate of drug-likeness (QED) is 0.838. The highest BCUT2D eigenvalue weighted by atomic mass is 16.5. The van der Waals surface area contributed by atoms with E-state index in [9.17, 15) is 4.79 Å². The minimum Gasteiger partial charge on any atom is -0.379 e. The van der Waals surface area contributed by atoms with Crippen molar-refractivity contribution in [2.24, 2.45) is 0 Å². The van der Waals surface area contributed by atoms with Crippen LogP contribution in [0.5, 0.6) is 0 Å². The summed E-state index contributed by atoms with van der Waals surface area (Å²) in [5, 5.41) is 6.10. The maximum Gasteiger partial charge on any atom is 0.242 e. The van der Waals surface area contributed by atoms with Gasteiger partial charge in [-0.3, -0.25) is 10.1 Å². The molecule has 1 amide bonds. The van der Waals surface area contributed by atoms with Crippen LogP contribution in [0.1, 0.15) is 18.4 Å². The normalized spacial score (nSPS) is 23.6. The molecule has 4 heteroatoms. The molecule has 1 saturated heterocycles. The molecule has 0 saturated carbocycles. The lowest BCUT2D eigenvalue weighted by molar-refractivity contribution is -0.133. The highest BCUT2D eigenvalue weighted by Gasteiger charge is 2.39. The Bertz CT molecular complexity index is 386. The maximum absolute atomic E-state index is 12.1. The molecule has 98 valence electrons. The third kappa shape index (κ3) is 2.89. The fraction of sp³-hybridized carbons (Fsp3) is 0.500. The van der Waals surface area contributed by atoms with E-state index < -0.39 is 5.54 Å². The Morgan fingerprint density at radius 3 is 2.78 bits per heavy atom. The summed E-state index contributed by atoms with van der Waals surface area (Å²) in [4.78, 5) is 12.1. The van der Waals surface area contributed by atoms with Crippen LogP contribution in [0, 0.1) is 0 Å². The number of ether oxygens (including phenoxy) is 1. The summed E-state index contributed by atoms with van der Waals surface area (Å²) >= 11 is 0. The van der Waals surface area contributed by atoms with Crippen molar-refractivity contribution in [2.75, 3.05) is 20.3 Å². The zero-order chi connectivity index (χ0) is 12.8. The second-order valence-electron chi connectivity index (χ2n) is 4.66. The molecule has 0 radical (unpaired) electrons. The van der Waals surface area contributed by atoms with Gasteiger partial charge in [0.2, 0.25) is 5.91 Å². The summed E-state index contributed by atoms with van der Waals surface area (Å²) in [5.74, 6) is 0.0122. The fourth-order valence-corrected chi connectivity index (χ4v) is 2.30. The van der Waals surface area contributed by atoms with Crippen molar-refractivity contribution >= 4 is 5.91 Å². The van der Waals surface area contributed by atoms with Crippen LogP contribution in [-0.2, 0) is 16.1 Å². The highest BCUT2D eigenvalue weighted by molar-refractivity contribution is 5.86. The van der Waals surface area contributed by atoms with Gasteiger partial charge in [-0.1, -0.05) is 30.3 Å². The molecule has 2 N–H and O–H groups in total. The molecule has 1 fully saturated rings. The van der Waals surface area contributed by atoms with Crippen molar-refractivity contribution in [3.05, 3.63) is 35.9 Å². The smallest absolute Gasteiger partial charge is 0.242 e. The third-order valence-electron chi connectivity index (χ3n) is 3.38. The fourth-order valence-electron chi connectivity index (χ4n) is 2.30. The first-order valence-corrected chi connectivity index (χ1v) is 6.36. The van der Waals surface area contributed by atoms with Crippen molar-refractivity contribution in [3.63, 3.8) is 0 Å². The van der Waals surface area contributed by atoms with Gasteiger partial charge < -0.3 is 10.1 Å². The zero-order valence-electron chi connectivity index (χ0n) is 10.7. The van der Waals surface area contributed by atoms with Gasteiger partial charge in [-0.2, -0.15) is 0 Å². The van der Waals surface area contributed by atoms with E-state index in [4.69, 9.17) is 4.74 Å². The van der Waals surface area contributed by atoms with E-state index in [-0.39, 0.29) is 5.91 Å². The Morgan fingerprint density at radius 1 is 1.39 bits per heavy atom. The van der Waals surface area contributed by atoms with Crippen LogP contribution >= 0.6 is 0 Å². The van der Waals surface area contributed by atoms with Crippen LogP contribution in [0.15, 0.2) is 30.3 Å².